The SMILES string of the molecule is CCN1CC(C(=O)NC(CO)(CO)CO)CC1=O. The third-order valence-electron chi connectivity index (χ3n) is 3.26. The van der Waals surface area contributed by atoms with Gasteiger partial charge in [0.1, 0.15) is 5.54 Å². The van der Waals surface area contributed by atoms with Crippen molar-refractivity contribution in [2.24, 2.45) is 5.92 Å². The fourth-order valence-electron chi connectivity index (χ4n) is 1.89. The molecular formula is C11H20N2O5. The predicted molar refractivity (Wildman–Crippen MR) is 62.5 cm³/mol. The van der Waals surface area contributed by atoms with Crippen LogP contribution in [0.15, 0.2) is 0 Å². The zero-order valence-corrected chi connectivity index (χ0v) is 10.4. The minimum absolute atomic E-state index is 0.0831. The topological polar surface area (TPSA) is 110 Å². The van der Waals surface area contributed by atoms with Crippen LogP contribution in [-0.2, 0) is 9.59 Å². The Morgan fingerprint density at radius 1 is 1.39 bits per heavy atom. The Labute approximate surface area is 105 Å². The molecule has 1 saturated heterocycles. The van der Waals surface area contributed by atoms with Crippen molar-refractivity contribution in [3.05, 3.63) is 0 Å². The van der Waals surface area contributed by atoms with Gasteiger partial charge in [0.25, 0.3) is 0 Å². The van der Waals surface area contributed by atoms with Gasteiger partial charge in [-0.3, -0.25) is 9.59 Å². The van der Waals surface area contributed by atoms with Gasteiger partial charge in [-0.15, -0.1) is 0 Å². The molecule has 1 unspecified atom stereocenters. The smallest absolute Gasteiger partial charge is 0.226 e. The van der Waals surface area contributed by atoms with Gasteiger partial charge in [0.05, 0.1) is 25.7 Å². The summed E-state index contributed by atoms with van der Waals surface area (Å²) in [5, 5.41) is 29.7. The molecular weight excluding hydrogens is 240 g/mol. The predicted octanol–water partition coefficient (Wildman–Crippen LogP) is -2.31. The maximum absolute atomic E-state index is 11.9. The highest BCUT2D eigenvalue weighted by Crippen LogP contribution is 2.18. The van der Waals surface area contributed by atoms with Crippen LogP contribution in [0.5, 0.6) is 0 Å². The Hall–Kier alpha value is -1.18. The number of hydrogen-bond acceptors (Lipinski definition) is 5. The lowest BCUT2D eigenvalue weighted by Gasteiger charge is -2.29. The summed E-state index contributed by atoms with van der Waals surface area (Å²) >= 11 is 0. The lowest BCUT2D eigenvalue weighted by molar-refractivity contribution is -0.130. The van der Waals surface area contributed by atoms with Crippen molar-refractivity contribution in [2.75, 3.05) is 32.9 Å². The van der Waals surface area contributed by atoms with E-state index in [0.29, 0.717) is 13.1 Å². The van der Waals surface area contributed by atoms with Crippen LogP contribution < -0.4 is 5.32 Å². The average Bonchev–Trinajstić information content (AvgIpc) is 2.77. The highest BCUT2D eigenvalue weighted by Gasteiger charge is 2.37. The molecule has 18 heavy (non-hydrogen) atoms. The number of hydrogen-bond donors (Lipinski definition) is 4. The van der Waals surface area contributed by atoms with E-state index in [0.717, 1.165) is 0 Å². The van der Waals surface area contributed by atoms with Gasteiger partial charge in [-0.1, -0.05) is 0 Å². The van der Waals surface area contributed by atoms with E-state index in [2.05, 4.69) is 5.32 Å². The second kappa shape index (κ2) is 6.12. The normalized spacial score (nSPS) is 20.3. The number of rotatable bonds is 6. The molecule has 7 nitrogen and oxygen atoms in total. The summed E-state index contributed by atoms with van der Waals surface area (Å²) in [6, 6.07) is 0. The van der Waals surface area contributed by atoms with Gasteiger partial charge in [0, 0.05) is 19.5 Å². The molecule has 0 aromatic rings. The van der Waals surface area contributed by atoms with E-state index in [1.54, 1.807) is 4.90 Å². The summed E-state index contributed by atoms with van der Waals surface area (Å²) in [5.74, 6) is -1.02. The van der Waals surface area contributed by atoms with E-state index < -0.39 is 37.2 Å². The maximum atomic E-state index is 11.9. The van der Waals surface area contributed by atoms with Crippen LogP contribution in [0.3, 0.4) is 0 Å². The molecule has 1 fully saturated rings. The van der Waals surface area contributed by atoms with E-state index in [9.17, 15) is 9.59 Å². The van der Waals surface area contributed by atoms with Gasteiger partial charge in [0.15, 0.2) is 0 Å². The summed E-state index contributed by atoms with van der Waals surface area (Å²) in [4.78, 5) is 25.0. The molecule has 1 heterocycles. The largest absolute Gasteiger partial charge is 0.394 e. The number of aliphatic hydroxyl groups is 3. The van der Waals surface area contributed by atoms with E-state index in [4.69, 9.17) is 15.3 Å². The Bertz CT molecular complexity index is 308. The fraction of sp³-hybridized carbons (Fsp3) is 0.818. The van der Waals surface area contributed by atoms with Crippen LogP contribution in [-0.4, -0.2) is 70.5 Å². The van der Waals surface area contributed by atoms with Crippen molar-refractivity contribution in [2.45, 2.75) is 18.9 Å². The number of aliphatic hydroxyl groups excluding tert-OH is 3. The maximum Gasteiger partial charge on any atom is 0.226 e. The van der Waals surface area contributed by atoms with Crippen LogP contribution in [0.4, 0.5) is 0 Å². The molecule has 1 rings (SSSR count). The monoisotopic (exact) mass is 260 g/mol. The summed E-state index contributed by atoms with van der Waals surface area (Å²) in [5.41, 5.74) is -1.43. The van der Waals surface area contributed by atoms with Gasteiger partial charge in [-0.2, -0.15) is 0 Å². The lowest BCUT2D eigenvalue weighted by atomic mass is 10.0. The quantitative estimate of drug-likeness (QED) is 0.429. The molecule has 4 N–H and O–H groups in total. The van der Waals surface area contributed by atoms with E-state index in [1.807, 2.05) is 6.92 Å². The van der Waals surface area contributed by atoms with Crippen LogP contribution in [0.1, 0.15) is 13.3 Å². The van der Waals surface area contributed by atoms with Gasteiger partial charge in [-0.05, 0) is 6.92 Å². The second-order valence-corrected chi connectivity index (χ2v) is 4.58. The highest BCUT2D eigenvalue weighted by atomic mass is 16.3. The number of carbonyl (C=O) groups is 2. The minimum Gasteiger partial charge on any atom is -0.394 e. The summed E-state index contributed by atoms with van der Waals surface area (Å²) in [6.45, 7) is 1.02. The Kier molecular flexibility index (Phi) is 5.06. The molecule has 0 aromatic heterocycles. The Morgan fingerprint density at radius 2 is 1.94 bits per heavy atom. The molecule has 1 atom stereocenters. The van der Waals surface area contributed by atoms with Gasteiger partial charge >= 0.3 is 0 Å². The third kappa shape index (κ3) is 2.98. The first-order valence-electron chi connectivity index (χ1n) is 5.94. The average molecular weight is 260 g/mol. The number of nitrogens with one attached hydrogen (secondary N) is 1. The first kappa shape index (κ1) is 14.9. The van der Waals surface area contributed by atoms with Gasteiger partial charge < -0.3 is 25.5 Å². The van der Waals surface area contributed by atoms with Crippen molar-refractivity contribution in [3.63, 3.8) is 0 Å². The Morgan fingerprint density at radius 3 is 2.33 bits per heavy atom. The number of carbonyl (C=O) groups excluding carboxylic acids is 2. The zero-order chi connectivity index (χ0) is 13.8. The van der Waals surface area contributed by atoms with Crippen LogP contribution in [0.2, 0.25) is 0 Å². The van der Waals surface area contributed by atoms with Crippen molar-refractivity contribution in [3.8, 4) is 0 Å². The standard InChI is InChI=1S/C11H20N2O5/c1-2-13-4-8(3-9(13)17)10(18)12-11(5-14,6-15)7-16/h8,14-16H,2-7H2,1H3,(H,12,18). The molecule has 1 aliphatic rings. The van der Waals surface area contributed by atoms with Crippen molar-refractivity contribution < 1.29 is 24.9 Å². The summed E-state index contributed by atoms with van der Waals surface area (Å²) in [6.07, 6.45) is 0.123. The molecule has 0 aliphatic carbocycles. The molecule has 0 aromatic carbocycles. The third-order valence-corrected chi connectivity index (χ3v) is 3.26. The molecule has 1 aliphatic heterocycles. The molecule has 0 spiro atoms. The number of likely N-dealkylation sites (tertiary alicyclic amines) is 1. The molecule has 104 valence electrons. The molecule has 7 heteroatoms. The Balaban J connectivity index is 2.64. The van der Waals surface area contributed by atoms with Crippen LogP contribution in [0.25, 0.3) is 0 Å². The minimum atomic E-state index is -1.43. The molecule has 0 saturated carbocycles. The summed E-state index contributed by atoms with van der Waals surface area (Å²) < 4.78 is 0. The number of amides is 2. The van der Waals surface area contributed by atoms with E-state index >= 15 is 0 Å². The van der Waals surface area contributed by atoms with E-state index in [-0.39, 0.29) is 12.3 Å². The first-order chi connectivity index (χ1) is 8.51. The fourth-order valence-corrected chi connectivity index (χ4v) is 1.89. The molecule has 2 amide bonds. The van der Waals surface area contributed by atoms with Gasteiger partial charge in [-0.25, -0.2) is 0 Å². The van der Waals surface area contributed by atoms with Crippen LogP contribution in [0, 0.1) is 5.92 Å². The first-order valence-corrected chi connectivity index (χ1v) is 5.94. The summed E-state index contributed by atoms with van der Waals surface area (Å²) in [7, 11) is 0. The lowest BCUT2D eigenvalue weighted by Crippen LogP contribution is -2.58. The molecule has 0 bridgehead atoms. The van der Waals surface area contributed by atoms with Crippen molar-refractivity contribution >= 4 is 11.8 Å². The zero-order valence-electron chi connectivity index (χ0n) is 10.4. The highest BCUT2D eigenvalue weighted by molar-refractivity contribution is 5.89. The van der Waals surface area contributed by atoms with Crippen molar-refractivity contribution in [1.29, 1.82) is 0 Å². The van der Waals surface area contributed by atoms with Gasteiger partial charge in [0.2, 0.25) is 11.8 Å². The van der Waals surface area contributed by atoms with Crippen molar-refractivity contribution in [1.82, 2.24) is 10.2 Å². The molecule has 0 radical (unpaired) electrons. The van der Waals surface area contributed by atoms with E-state index in [1.165, 1.54) is 0 Å². The number of nitrogens with zero attached hydrogens (tertiary/aromatic N) is 1. The van der Waals surface area contributed by atoms with Crippen LogP contribution >= 0.6 is 0 Å². The second-order valence-electron chi connectivity index (χ2n) is 4.58.